The van der Waals surface area contributed by atoms with E-state index in [-0.39, 0.29) is 6.04 Å². The second-order valence-electron chi connectivity index (χ2n) is 5.01. The van der Waals surface area contributed by atoms with Crippen molar-refractivity contribution in [3.63, 3.8) is 0 Å². The minimum atomic E-state index is -3.47. The maximum absolute atomic E-state index is 12.8. The number of benzene rings is 1. The lowest BCUT2D eigenvalue weighted by Gasteiger charge is -2.24. The summed E-state index contributed by atoms with van der Waals surface area (Å²) in [5.41, 5.74) is 0.954. The summed E-state index contributed by atoms with van der Waals surface area (Å²) >= 11 is 3.33. The smallest absolute Gasteiger partial charge is 0.243 e. The van der Waals surface area contributed by atoms with Crippen LogP contribution in [0.3, 0.4) is 0 Å². The molecule has 1 saturated heterocycles. The Labute approximate surface area is 133 Å². The Bertz CT molecular complexity index is 717. The molecule has 0 bridgehead atoms. The lowest BCUT2D eigenvalue weighted by molar-refractivity contribution is 0.396. The lowest BCUT2D eigenvalue weighted by Crippen LogP contribution is -2.30. The molecule has 0 spiro atoms. The minimum absolute atomic E-state index is 0.118. The van der Waals surface area contributed by atoms with Gasteiger partial charge in [0.2, 0.25) is 10.0 Å². The SMILES string of the molecule is O=S(=O)(c1ccc(Br)cc1)N1CCCC1c1cccnc1. The molecule has 0 saturated carbocycles. The molecule has 2 aromatic rings. The molecule has 3 rings (SSSR count). The van der Waals surface area contributed by atoms with Gasteiger partial charge in [0.15, 0.2) is 0 Å². The Morgan fingerprint density at radius 1 is 1.19 bits per heavy atom. The highest BCUT2D eigenvalue weighted by Gasteiger charge is 2.36. The molecule has 1 aliphatic heterocycles. The Balaban J connectivity index is 1.96. The molecule has 0 amide bonds. The van der Waals surface area contributed by atoms with Gasteiger partial charge >= 0.3 is 0 Å². The first-order chi connectivity index (χ1) is 10.1. The molecular formula is C15H15BrN2O2S. The highest BCUT2D eigenvalue weighted by molar-refractivity contribution is 9.10. The molecule has 0 N–H and O–H groups in total. The molecule has 1 aromatic carbocycles. The molecule has 2 heterocycles. The van der Waals surface area contributed by atoms with Crippen molar-refractivity contribution >= 4 is 26.0 Å². The van der Waals surface area contributed by atoms with E-state index in [1.165, 1.54) is 0 Å². The number of hydrogen-bond acceptors (Lipinski definition) is 3. The van der Waals surface area contributed by atoms with E-state index in [4.69, 9.17) is 0 Å². The van der Waals surface area contributed by atoms with Crippen LogP contribution in [0.4, 0.5) is 0 Å². The fourth-order valence-corrected chi connectivity index (χ4v) is 4.62. The van der Waals surface area contributed by atoms with E-state index >= 15 is 0 Å². The van der Waals surface area contributed by atoms with Crippen molar-refractivity contribution in [2.24, 2.45) is 0 Å². The molecule has 4 nitrogen and oxygen atoms in total. The topological polar surface area (TPSA) is 50.3 Å². The number of aromatic nitrogens is 1. The van der Waals surface area contributed by atoms with Crippen LogP contribution in [0, 0.1) is 0 Å². The zero-order valence-electron chi connectivity index (χ0n) is 11.3. The Morgan fingerprint density at radius 3 is 2.62 bits per heavy atom. The van der Waals surface area contributed by atoms with Crippen molar-refractivity contribution in [3.8, 4) is 0 Å². The van der Waals surface area contributed by atoms with E-state index < -0.39 is 10.0 Å². The van der Waals surface area contributed by atoms with Gasteiger partial charge in [-0.05, 0) is 48.7 Å². The van der Waals surface area contributed by atoms with Crippen molar-refractivity contribution < 1.29 is 8.42 Å². The number of rotatable bonds is 3. The molecule has 1 aromatic heterocycles. The van der Waals surface area contributed by atoms with Crippen LogP contribution in [0.15, 0.2) is 58.2 Å². The first kappa shape index (κ1) is 14.7. The molecule has 110 valence electrons. The van der Waals surface area contributed by atoms with Crippen LogP contribution in [0.2, 0.25) is 0 Å². The van der Waals surface area contributed by atoms with E-state index in [0.29, 0.717) is 11.4 Å². The second-order valence-corrected chi connectivity index (χ2v) is 7.82. The van der Waals surface area contributed by atoms with E-state index in [9.17, 15) is 8.42 Å². The molecule has 1 aliphatic rings. The first-order valence-electron chi connectivity index (χ1n) is 6.76. The van der Waals surface area contributed by atoms with Crippen LogP contribution in [-0.2, 0) is 10.0 Å². The maximum Gasteiger partial charge on any atom is 0.243 e. The summed E-state index contributed by atoms with van der Waals surface area (Å²) in [7, 11) is -3.47. The Morgan fingerprint density at radius 2 is 1.95 bits per heavy atom. The highest BCUT2D eigenvalue weighted by atomic mass is 79.9. The predicted molar refractivity (Wildman–Crippen MR) is 84.2 cm³/mol. The van der Waals surface area contributed by atoms with E-state index in [1.807, 2.05) is 12.1 Å². The molecule has 21 heavy (non-hydrogen) atoms. The summed E-state index contributed by atoms with van der Waals surface area (Å²) in [6.45, 7) is 0.554. The van der Waals surface area contributed by atoms with Gasteiger partial charge in [-0.3, -0.25) is 4.98 Å². The predicted octanol–water partition coefficient (Wildman–Crippen LogP) is 3.37. The van der Waals surface area contributed by atoms with Gasteiger partial charge in [-0.2, -0.15) is 4.31 Å². The third-order valence-corrected chi connectivity index (χ3v) is 6.14. The van der Waals surface area contributed by atoms with Gasteiger partial charge in [-0.15, -0.1) is 0 Å². The van der Waals surface area contributed by atoms with E-state index in [0.717, 1.165) is 22.9 Å². The van der Waals surface area contributed by atoms with Crippen LogP contribution in [0.1, 0.15) is 24.4 Å². The van der Waals surface area contributed by atoms with Gasteiger partial charge in [-0.25, -0.2) is 8.42 Å². The van der Waals surface area contributed by atoms with Gasteiger partial charge in [0, 0.05) is 23.4 Å². The molecule has 0 aliphatic carbocycles. The van der Waals surface area contributed by atoms with Crippen molar-refractivity contribution in [2.75, 3.05) is 6.54 Å². The average molecular weight is 367 g/mol. The normalized spacial score (nSPS) is 19.8. The second kappa shape index (κ2) is 5.87. The summed E-state index contributed by atoms with van der Waals surface area (Å²) in [6.07, 6.45) is 5.16. The molecule has 0 radical (unpaired) electrons. The van der Waals surface area contributed by atoms with Crippen LogP contribution in [0.5, 0.6) is 0 Å². The number of sulfonamides is 1. The van der Waals surface area contributed by atoms with Crippen molar-refractivity contribution in [3.05, 3.63) is 58.8 Å². The van der Waals surface area contributed by atoms with Gasteiger partial charge in [0.25, 0.3) is 0 Å². The number of hydrogen-bond donors (Lipinski definition) is 0. The van der Waals surface area contributed by atoms with Crippen LogP contribution in [0.25, 0.3) is 0 Å². The minimum Gasteiger partial charge on any atom is -0.264 e. The molecule has 1 unspecified atom stereocenters. The molecule has 1 fully saturated rings. The summed E-state index contributed by atoms with van der Waals surface area (Å²) in [4.78, 5) is 4.44. The maximum atomic E-state index is 12.8. The zero-order chi connectivity index (χ0) is 14.9. The van der Waals surface area contributed by atoms with Crippen molar-refractivity contribution in [1.29, 1.82) is 0 Å². The van der Waals surface area contributed by atoms with Crippen LogP contribution in [-0.4, -0.2) is 24.3 Å². The molecule has 6 heteroatoms. The van der Waals surface area contributed by atoms with Crippen molar-refractivity contribution in [2.45, 2.75) is 23.8 Å². The largest absolute Gasteiger partial charge is 0.264 e. The lowest BCUT2D eigenvalue weighted by atomic mass is 10.1. The Kier molecular flexibility index (Phi) is 4.10. The fraction of sp³-hybridized carbons (Fsp3) is 0.267. The van der Waals surface area contributed by atoms with E-state index in [1.54, 1.807) is 41.0 Å². The number of halogens is 1. The third-order valence-electron chi connectivity index (χ3n) is 3.69. The number of nitrogens with zero attached hydrogens (tertiary/aromatic N) is 2. The summed E-state index contributed by atoms with van der Waals surface area (Å²) < 4.78 is 28.1. The summed E-state index contributed by atoms with van der Waals surface area (Å²) in [5, 5.41) is 0. The molecule has 1 atom stereocenters. The van der Waals surface area contributed by atoms with Gasteiger partial charge in [0.05, 0.1) is 10.9 Å². The van der Waals surface area contributed by atoms with Crippen LogP contribution < -0.4 is 0 Å². The summed E-state index contributed by atoms with van der Waals surface area (Å²) in [5.74, 6) is 0. The fourth-order valence-electron chi connectivity index (χ4n) is 2.68. The van der Waals surface area contributed by atoms with Gasteiger partial charge < -0.3 is 0 Å². The summed E-state index contributed by atoms with van der Waals surface area (Å²) in [6, 6.07) is 10.4. The quantitative estimate of drug-likeness (QED) is 0.836. The number of pyridine rings is 1. The van der Waals surface area contributed by atoms with Gasteiger partial charge in [0.1, 0.15) is 0 Å². The van der Waals surface area contributed by atoms with E-state index in [2.05, 4.69) is 20.9 Å². The zero-order valence-corrected chi connectivity index (χ0v) is 13.7. The standard InChI is InChI=1S/C15H15BrN2O2S/c16-13-5-7-14(8-6-13)21(19,20)18-10-2-4-15(18)12-3-1-9-17-11-12/h1,3,5-9,11,15H,2,4,10H2. The average Bonchev–Trinajstić information content (AvgIpc) is 2.99. The first-order valence-corrected chi connectivity index (χ1v) is 9.00. The third kappa shape index (κ3) is 2.88. The highest BCUT2D eigenvalue weighted by Crippen LogP contribution is 2.36. The van der Waals surface area contributed by atoms with Gasteiger partial charge in [-0.1, -0.05) is 22.0 Å². The van der Waals surface area contributed by atoms with Crippen LogP contribution >= 0.6 is 15.9 Å². The Hall–Kier alpha value is -1.24. The molecular weight excluding hydrogens is 352 g/mol. The monoisotopic (exact) mass is 366 g/mol. The van der Waals surface area contributed by atoms with Crippen molar-refractivity contribution in [1.82, 2.24) is 9.29 Å².